The summed E-state index contributed by atoms with van der Waals surface area (Å²) in [6.07, 6.45) is -3.74. The molecule has 9 heteroatoms. The van der Waals surface area contributed by atoms with E-state index in [2.05, 4.69) is 15.5 Å². The Hall–Kier alpha value is -1.48. The molecule has 1 amide bonds. The first-order valence-corrected chi connectivity index (χ1v) is 6.84. The van der Waals surface area contributed by atoms with Gasteiger partial charge < -0.3 is 0 Å². The van der Waals surface area contributed by atoms with Gasteiger partial charge in [-0.2, -0.15) is 13.2 Å². The monoisotopic (exact) mass is 307 g/mol. The molecule has 19 heavy (non-hydrogen) atoms. The van der Waals surface area contributed by atoms with Crippen molar-refractivity contribution in [3.8, 4) is 0 Å². The van der Waals surface area contributed by atoms with Crippen molar-refractivity contribution >= 4 is 33.7 Å². The molecule has 0 saturated carbocycles. The van der Waals surface area contributed by atoms with Gasteiger partial charge in [-0.25, -0.2) is 0 Å². The van der Waals surface area contributed by atoms with Crippen LogP contribution in [0.2, 0.25) is 0 Å². The molecule has 2 heterocycles. The number of carbonyl (C=O) groups is 1. The van der Waals surface area contributed by atoms with Crippen molar-refractivity contribution in [3.63, 3.8) is 0 Å². The molecular weight excluding hydrogens is 299 g/mol. The molecule has 0 aliphatic rings. The highest BCUT2D eigenvalue weighted by molar-refractivity contribution is 7.16. The van der Waals surface area contributed by atoms with Crippen molar-refractivity contribution in [2.45, 2.75) is 19.5 Å². The largest absolute Gasteiger partial charge is 0.445 e. The number of carbonyl (C=O) groups excluding carboxylic acids is 1. The van der Waals surface area contributed by atoms with Crippen LogP contribution in [0.3, 0.4) is 0 Å². The number of hydrogen-bond acceptors (Lipinski definition) is 5. The van der Waals surface area contributed by atoms with Crippen molar-refractivity contribution in [2.75, 3.05) is 5.32 Å². The lowest BCUT2D eigenvalue weighted by Crippen LogP contribution is -2.09. The highest BCUT2D eigenvalue weighted by Crippen LogP contribution is 2.33. The van der Waals surface area contributed by atoms with Crippen molar-refractivity contribution in [1.29, 1.82) is 0 Å². The average Bonchev–Trinajstić information content (AvgIpc) is 2.95. The molecule has 0 bridgehead atoms. The second kappa shape index (κ2) is 5.25. The van der Waals surface area contributed by atoms with Crippen LogP contribution in [-0.4, -0.2) is 16.1 Å². The van der Waals surface area contributed by atoms with E-state index in [1.54, 1.807) is 12.1 Å². The summed E-state index contributed by atoms with van der Waals surface area (Å²) in [4.78, 5) is 13.2. The number of thiophene rings is 1. The summed E-state index contributed by atoms with van der Waals surface area (Å²) in [7, 11) is 0. The smallest absolute Gasteiger partial charge is 0.296 e. The first kappa shape index (κ1) is 13.9. The molecular formula is C10H8F3N3OS2. The molecule has 0 unspecified atom stereocenters. The number of aryl methyl sites for hydroxylation is 1. The highest BCUT2D eigenvalue weighted by Gasteiger charge is 2.35. The van der Waals surface area contributed by atoms with Crippen LogP contribution >= 0.6 is 22.7 Å². The van der Waals surface area contributed by atoms with Gasteiger partial charge in [0.1, 0.15) is 0 Å². The van der Waals surface area contributed by atoms with Crippen LogP contribution in [0.1, 0.15) is 26.5 Å². The first-order chi connectivity index (χ1) is 8.90. The number of alkyl halides is 3. The lowest BCUT2D eigenvalue weighted by molar-refractivity contribution is -0.138. The quantitative estimate of drug-likeness (QED) is 0.945. The molecule has 1 N–H and O–H groups in total. The Bertz CT molecular complexity index is 591. The Kier molecular flexibility index (Phi) is 3.85. The SMILES string of the molecule is CCc1ccc(C(=O)Nc2nnc(C(F)(F)F)s2)s1. The van der Waals surface area contributed by atoms with E-state index < -0.39 is 17.1 Å². The number of aromatic nitrogens is 2. The van der Waals surface area contributed by atoms with Gasteiger partial charge in [-0.3, -0.25) is 10.1 Å². The van der Waals surface area contributed by atoms with Crippen LogP contribution in [0, 0.1) is 0 Å². The third-order valence-electron chi connectivity index (χ3n) is 2.12. The van der Waals surface area contributed by atoms with Gasteiger partial charge >= 0.3 is 6.18 Å². The number of anilines is 1. The number of amides is 1. The minimum absolute atomic E-state index is 0.163. The number of halogens is 3. The zero-order chi connectivity index (χ0) is 14.0. The van der Waals surface area contributed by atoms with Gasteiger partial charge in [-0.15, -0.1) is 21.5 Å². The average molecular weight is 307 g/mol. The lowest BCUT2D eigenvalue weighted by Gasteiger charge is -1.98. The van der Waals surface area contributed by atoms with Gasteiger partial charge in [0.2, 0.25) is 10.1 Å². The second-order valence-electron chi connectivity index (χ2n) is 3.48. The van der Waals surface area contributed by atoms with Crippen LogP contribution in [0.5, 0.6) is 0 Å². The third kappa shape index (κ3) is 3.29. The van der Waals surface area contributed by atoms with Crippen LogP contribution in [0.4, 0.5) is 18.3 Å². The van der Waals surface area contributed by atoms with E-state index in [0.29, 0.717) is 16.2 Å². The fourth-order valence-electron chi connectivity index (χ4n) is 1.24. The molecule has 2 aromatic heterocycles. The Labute approximate surface area is 114 Å². The summed E-state index contributed by atoms with van der Waals surface area (Å²) in [6.45, 7) is 1.95. The molecule has 0 aromatic carbocycles. The maximum Gasteiger partial charge on any atom is 0.445 e. The molecule has 0 radical (unpaired) electrons. The van der Waals surface area contributed by atoms with Crippen LogP contribution in [-0.2, 0) is 12.6 Å². The number of hydrogen-bond donors (Lipinski definition) is 1. The molecule has 4 nitrogen and oxygen atoms in total. The van der Waals surface area contributed by atoms with Gasteiger partial charge in [0, 0.05) is 4.88 Å². The normalized spacial score (nSPS) is 11.6. The van der Waals surface area contributed by atoms with E-state index in [0.717, 1.165) is 11.3 Å². The van der Waals surface area contributed by atoms with Gasteiger partial charge in [0.25, 0.3) is 5.91 Å². The Balaban J connectivity index is 2.09. The van der Waals surface area contributed by atoms with E-state index in [1.165, 1.54) is 11.3 Å². The molecule has 0 atom stereocenters. The van der Waals surface area contributed by atoms with Crippen LogP contribution in [0.15, 0.2) is 12.1 Å². The van der Waals surface area contributed by atoms with E-state index in [1.807, 2.05) is 6.92 Å². The molecule has 0 saturated heterocycles. The van der Waals surface area contributed by atoms with E-state index in [-0.39, 0.29) is 5.13 Å². The van der Waals surface area contributed by atoms with Crippen molar-refractivity contribution < 1.29 is 18.0 Å². The predicted octanol–water partition coefficient (Wildman–Crippen LogP) is 3.43. The van der Waals surface area contributed by atoms with Crippen molar-refractivity contribution in [3.05, 3.63) is 26.9 Å². The maximum atomic E-state index is 12.3. The molecule has 102 valence electrons. The zero-order valence-electron chi connectivity index (χ0n) is 9.61. The fraction of sp³-hybridized carbons (Fsp3) is 0.300. The zero-order valence-corrected chi connectivity index (χ0v) is 11.2. The Morgan fingerprint density at radius 1 is 1.32 bits per heavy atom. The van der Waals surface area contributed by atoms with Gasteiger partial charge in [-0.1, -0.05) is 18.3 Å². The number of nitrogens with zero attached hydrogens (tertiary/aromatic N) is 2. The van der Waals surface area contributed by atoms with E-state index in [4.69, 9.17) is 0 Å². The predicted molar refractivity (Wildman–Crippen MR) is 66.6 cm³/mol. The van der Waals surface area contributed by atoms with Crippen LogP contribution in [0.25, 0.3) is 0 Å². The molecule has 2 aromatic rings. The molecule has 0 spiro atoms. The van der Waals surface area contributed by atoms with E-state index in [9.17, 15) is 18.0 Å². The molecule has 0 aliphatic carbocycles. The summed E-state index contributed by atoms with van der Waals surface area (Å²) < 4.78 is 36.9. The van der Waals surface area contributed by atoms with Crippen LogP contribution < -0.4 is 5.32 Å². The van der Waals surface area contributed by atoms with Gasteiger partial charge in [0.05, 0.1) is 4.88 Å². The van der Waals surface area contributed by atoms with E-state index >= 15 is 0 Å². The standard InChI is InChI=1S/C10H8F3N3OS2/c1-2-5-3-4-6(18-5)7(17)14-9-16-15-8(19-9)10(11,12)13/h3-4H,2H2,1H3,(H,14,16,17). The molecule has 0 aliphatic heterocycles. The summed E-state index contributed by atoms with van der Waals surface area (Å²) in [5, 5.41) is 7.35. The number of rotatable bonds is 3. The topological polar surface area (TPSA) is 54.9 Å². The maximum absolute atomic E-state index is 12.3. The Morgan fingerprint density at radius 2 is 2.05 bits per heavy atom. The fourth-order valence-corrected chi connectivity index (χ4v) is 2.69. The van der Waals surface area contributed by atoms with Gasteiger partial charge in [-0.05, 0) is 18.6 Å². The highest BCUT2D eigenvalue weighted by atomic mass is 32.1. The summed E-state index contributed by atoms with van der Waals surface area (Å²) in [5.41, 5.74) is 0. The van der Waals surface area contributed by atoms with Gasteiger partial charge in [0.15, 0.2) is 0 Å². The first-order valence-electron chi connectivity index (χ1n) is 5.21. The summed E-state index contributed by atoms with van der Waals surface area (Å²) >= 11 is 1.60. The molecule has 2 rings (SSSR count). The summed E-state index contributed by atoms with van der Waals surface area (Å²) in [6, 6.07) is 3.44. The van der Waals surface area contributed by atoms with Crippen molar-refractivity contribution in [2.24, 2.45) is 0 Å². The minimum Gasteiger partial charge on any atom is -0.296 e. The van der Waals surface area contributed by atoms with Crippen molar-refractivity contribution in [1.82, 2.24) is 10.2 Å². The number of nitrogens with one attached hydrogen (secondary N) is 1. The molecule has 0 fully saturated rings. The third-order valence-corrected chi connectivity index (χ3v) is 4.23. The second-order valence-corrected chi connectivity index (χ2v) is 5.63. The summed E-state index contributed by atoms with van der Waals surface area (Å²) in [5.74, 6) is -0.477. The minimum atomic E-state index is -4.54. The lowest BCUT2D eigenvalue weighted by atomic mass is 10.3. The Morgan fingerprint density at radius 3 is 2.58 bits per heavy atom.